The van der Waals surface area contributed by atoms with Gasteiger partial charge in [-0.3, -0.25) is 4.79 Å². The second-order valence-corrected chi connectivity index (χ2v) is 6.21. The van der Waals surface area contributed by atoms with E-state index in [9.17, 15) is 9.59 Å². The zero-order chi connectivity index (χ0) is 15.2. The van der Waals surface area contributed by atoms with Gasteiger partial charge < -0.3 is 20.7 Å². The van der Waals surface area contributed by atoms with Crippen molar-refractivity contribution in [3.05, 3.63) is 0 Å². The summed E-state index contributed by atoms with van der Waals surface area (Å²) in [6.07, 6.45) is 3.23. The Balaban J connectivity index is 2.23. The smallest absolute Gasteiger partial charge is 0.407 e. The van der Waals surface area contributed by atoms with Crippen molar-refractivity contribution in [2.24, 2.45) is 5.73 Å². The predicted octanol–water partition coefficient (Wildman–Crippen LogP) is 1.24. The monoisotopic (exact) mass is 285 g/mol. The van der Waals surface area contributed by atoms with E-state index in [4.69, 9.17) is 10.5 Å². The van der Waals surface area contributed by atoms with Gasteiger partial charge in [0.25, 0.3) is 0 Å². The fourth-order valence-electron chi connectivity index (χ4n) is 2.12. The van der Waals surface area contributed by atoms with E-state index in [1.807, 2.05) is 4.90 Å². The van der Waals surface area contributed by atoms with E-state index < -0.39 is 17.7 Å². The molecule has 1 atom stereocenters. The van der Waals surface area contributed by atoms with Gasteiger partial charge in [-0.2, -0.15) is 0 Å². The van der Waals surface area contributed by atoms with Crippen molar-refractivity contribution >= 4 is 12.0 Å². The average Bonchev–Trinajstić information content (AvgIpc) is 2.36. The minimum absolute atomic E-state index is 0.0179. The fraction of sp³-hybridized carbons (Fsp3) is 0.857. The SMILES string of the molecule is CC(C)(C)OC(=O)NCCC(N)C(=O)N1CCCCC1. The molecule has 116 valence electrons. The average molecular weight is 285 g/mol. The van der Waals surface area contributed by atoms with Crippen molar-refractivity contribution in [1.82, 2.24) is 10.2 Å². The van der Waals surface area contributed by atoms with E-state index in [2.05, 4.69) is 5.32 Å². The quantitative estimate of drug-likeness (QED) is 0.814. The molecule has 0 saturated carbocycles. The molecule has 20 heavy (non-hydrogen) atoms. The van der Waals surface area contributed by atoms with Crippen molar-refractivity contribution in [3.63, 3.8) is 0 Å². The van der Waals surface area contributed by atoms with Crippen LogP contribution in [0.3, 0.4) is 0 Å². The molecule has 0 bridgehead atoms. The van der Waals surface area contributed by atoms with Crippen LogP contribution in [-0.4, -0.2) is 48.2 Å². The molecule has 3 N–H and O–H groups in total. The predicted molar refractivity (Wildman–Crippen MR) is 77.3 cm³/mol. The van der Waals surface area contributed by atoms with E-state index >= 15 is 0 Å². The molecule has 1 unspecified atom stereocenters. The molecule has 1 aliphatic rings. The maximum atomic E-state index is 12.1. The van der Waals surface area contributed by atoms with Crippen LogP contribution in [-0.2, 0) is 9.53 Å². The number of nitrogens with zero attached hydrogens (tertiary/aromatic N) is 1. The first-order valence-electron chi connectivity index (χ1n) is 7.31. The Kier molecular flexibility index (Phi) is 6.26. The first-order valence-corrected chi connectivity index (χ1v) is 7.31. The Morgan fingerprint density at radius 2 is 1.85 bits per heavy atom. The lowest BCUT2D eigenvalue weighted by molar-refractivity contribution is -0.133. The molecular formula is C14H27N3O3. The van der Waals surface area contributed by atoms with Gasteiger partial charge in [0.2, 0.25) is 5.91 Å². The van der Waals surface area contributed by atoms with Crippen LogP contribution in [0.2, 0.25) is 0 Å². The van der Waals surface area contributed by atoms with Gasteiger partial charge in [-0.25, -0.2) is 4.79 Å². The number of amides is 2. The molecule has 0 aliphatic carbocycles. The van der Waals surface area contributed by atoms with Gasteiger partial charge in [-0.05, 0) is 46.5 Å². The number of nitrogens with one attached hydrogen (secondary N) is 1. The highest BCUT2D eigenvalue weighted by Gasteiger charge is 2.22. The maximum Gasteiger partial charge on any atom is 0.407 e. The minimum atomic E-state index is -0.553. The molecule has 0 aromatic heterocycles. The zero-order valence-electron chi connectivity index (χ0n) is 12.8. The van der Waals surface area contributed by atoms with Crippen LogP contribution in [0.15, 0.2) is 0 Å². The second-order valence-electron chi connectivity index (χ2n) is 6.21. The summed E-state index contributed by atoms with van der Waals surface area (Å²) in [4.78, 5) is 25.3. The van der Waals surface area contributed by atoms with Crippen LogP contribution >= 0.6 is 0 Å². The summed E-state index contributed by atoms with van der Waals surface area (Å²) in [5, 5.41) is 2.62. The number of carbonyl (C=O) groups is 2. The molecule has 1 rings (SSSR count). The van der Waals surface area contributed by atoms with Crippen LogP contribution in [0.25, 0.3) is 0 Å². The van der Waals surface area contributed by atoms with E-state index in [-0.39, 0.29) is 5.91 Å². The summed E-state index contributed by atoms with van der Waals surface area (Å²) in [5.41, 5.74) is 5.36. The van der Waals surface area contributed by atoms with E-state index in [1.54, 1.807) is 20.8 Å². The molecule has 0 aromatic carbocycles. The highest BCUT2D eigenvalue weighted by molar-refractivity contribution is 5.81. The lowest BCUT2D eigenvalue weighted by Gasteiger charge is -2.29. The van der Waals surface area contributed by atoms with E-state index in [0.29, 0.717) is 13.0 Å². The van der Waals surface area contributed by atoms with Gasteiger partial charge in [-0.15, -0.1) is 0 Å². The third kappa shape index (κ3) is 6.23. The van der Waals surface area contributed by atoms with Crippen molar-refractivity contribution in [3.8, 4) is 0 Å². The molecule has 0 radical (unpaired) electrons. The highest BCUT2D eigenvalue weighted by Crippen LogP contribution is 2.10. The molecule has 1 aliphatic heterocycles. The van der Waals surface area contributed by atoms with Gasteiger partial charge in [0.05, 0.1) is 6.04 Å². The van der Waals surface area contributed by atoms with Crippen molar-refractivity contribution in [2.45, 2.75) is 58.1 Å². The van der Waals surface area contributed by atoms with Gasteiger partial charge >= 0.3 is 6.09 Å². The van der Waals surface area contributed by atoms with Crippen molar-refractivity contribution in [2.75, 3.05) is 19.6 Å². The highest BCUT2D eigenvalue weighted by atomic mass is 16.6. The largest absolute Gasteiger partial charge is 0.444 e. The molecule has 6 heteroatoms. The molecule has 6 nitrogen and oxygen atoms in total. The van der Waals surface area contributed by atoms with Crippen LogP contribution < -0.4 is 11.1 Å². The second kappa shape index (κ2) is 7.47. The molecule has 2 amide bonds. The van der Waals surface area contributed by atoms with Crippen molar-refractivity contribution in [1.29, 1.82) is 0 Å². The summed E-state index contributed by atoms with van der Waals surface area (Å²) in [7, 11) is 0. The third-order valence-electron chi connectivity index (χ3n) is 3.11. The topological polar surface area (TPSA) is 84.7 Å². The molecule has 1 heterocycles. The number of rotatable bonds is 4. The summed E-state index contributed by atoms with van der Waals surface area (Å²) >= 11 is 0. The zero-order valence-corrected chi connectivity index (χ0v) is 12.8. The number of ether oxygens (including phenoxy) is 1. The Labute approximate surface area is 121 Å². The fourth-order valence-corrected chi connectivity index (χ4v) is 2.12. The van der Waals surface area contributed by atoms with Crippen LogP contribution in [0.1, 0.15) is 46.5 Å². The molecular weight excluding hydrogens is 258 g/mol. The number of likely N-dealkylation sites (tertiary alicyclic amines) is 1. The number of hydrogen-bond donors (Lipinski definition) is 2. The van der Waals surface area contributed by atoms with E-state index in [1.165, 1.54) is 6.42 Å². The number of hydrogen-bond acceptors (Lipinski definition) is 4. The van der Waals surface area contributed by atoms with Gasteiger partial charge in [0.1, 0.15) is 5.60 Å². The Morgan fingerprint density at radius 3 is 2.40 bits per heavy atom. The normalized spacial score (nSPS) is 17.5. The number of nitrogens with two attached hydrogens (primary N) is 1. The summed E-state index contributed by atoms with van der Waals surface area (Å²) in [5.74, 6) is -0.0179. The number of piperidine rings is 1. The molecule has 1 fully saturated rings. The van der Waals surface area contributed by atoms with Crippen LogP contribution in [0.4, 0.5) is 4.79 Å². The summed E-state index contributed by atoms with van der Waals surface area (Å²) < 4.78 is 5.11. The number of carbonyl (C=O) groups excluding carboxylic acids is 2. The Bertz CT molecular complexity index is 333. The Morgan fingerprint density at radius 1 is 1.25 bits per heavy atom. The van der Waals surface area contributed by atoms with Gasteiger partial charge in [0, 0.05) is 19.6 Å². The minimum Gasteiger partial charge on any atom is -0.444 e. The number of alkyl carbamates (subject to hydrolysis) is 1. The van der Waals surface area contributed by atoms with Crippen LogP contribution in [0.5, 0.6) is 0 Å². The van der Waals surface area contributed by atoms with E-state index in [0.717, 1.165) is 25.9 Å². The summed E-state index contributed by atoms with van der Waals surface area (Å²) in [6, 6.07) is -0.553. The van der Waals surface area contributed by atoms with Crippen molar-refractivity contribution < 1.29 is 14.3 Å². The molecule has 0 spiro atoms. The molecule has 1 saturated heterocycles. The summed E-state index contributed by atoms with van der Waals surface area (Å²) in [6.45, 7) is 7.35. The lowest BCUT2D eigenvalue weighted by Crippen LogP contribution is -2.47. The van der Waals surface area contributed by atoms with Gasteiger partial charge in [-0.1, -0.05) is 0 Å². The first-order chi connectivity index (χ1) is 9.29. The van der Waals surface area contributed by atoms with Gasteiger partial charge in [0.15, 0.2) is 0 Å². The third-order valence-corrected chi connectivity index (χ3v) is 3.11. The standard InChI is InChI=1S/C14H27N3O3/c1-14(2,3)20-13(19)16-8-7-11(15)12(18)17-9-5-4-6-10-17/h11H,4-10,15H2,1-3H3,(H,16,19). The first kappa shape index (κ1) is 16.8. The maximum absolute atomic E-state index is 12.1. The van der Waals surface area contributed by atoms with Crippen LogP contribution in [0, 0.1) is 0 Å². The molecule has 0 aromatic rings. The Hall–Kier alpha value is -1.30. The lowest BCUT2D eigenvalue weighted by atomic mass is 10.1.